The molecule has 1 heterocycles. The van der Waals surface area contributed by atoms with Crippen molar-refractivity contribution in [1.29, 1.82) is 0 Å². The predicted octanol–water partition coefficient (Wildman–Crippen LogP) is 2.64. The molecule has 0 bridgehead atoms. The quantitative estimate of drug-likeness (QED) is 0.874. The molecule has 0 amide bonds. The number of carbonyl (C=O) groups is 1. The Morgan fingerprint density at radius 1 is 1.15 bits per heavy atom. The van der Waals surface area contributed by atoms with Crippen LogP contribution < -0.4 is 5.32 Å². The average Bonchev–Trinajstić information content (AvgIpc) is 2.39. The van der Waals surface area contributed by atoms with Gasteiger partial charge in [0.1, 0.15) is 0 Å². The molecule has 1 N–H and O–H groups in total. The Morgan fingerprint density at radius 2 is 1.75 bits per heavy atom. The second-order valence-corrected chi connectivity index (χ2v) is 4.45. The first-order valence-electron chi connectivity index (χ1n) is 5.56. The molecule has 0 fully saturated rings. The van der Waals surface area contributed by atoms with Crippen molar-refractivity contribution < 1.29 is 9.53 Å². The Hall–Kier alpha value is -1.92. The Kier molecular flexibility index (Phi) is 4.70. The second kappa shape index (κ2) is 6.49. The van der Waals surface area contributed by atoms with E-state index >= 15 is 0 Å². The standard InChI is InChI=1S/C12H10Cl2N4O2/c1-20-9(19)6-7-2-4-8(5-3-7)15-12-17-10(13)16-11(14)18-12/h2-5H,6H2,1H3,(H,15,16,17,18). The Balaban J connectivity index is 2.08. The van der Waals surface area contributed by atoms with Gasteiger partial charge in [0.25, 0.3) is 0 Å². The van der Waals surface area contributed by atoms with Crippen molar-refractivity contribution in [1.82, 2.24) is 15.0 Å². The van der Waals surface area contributed by atoms with Crippen molar-refractivity contribution in [2.45, 2.75) is 6.42 Å². The van der Waals surface area contributed by atoms with Crippen LogP contribution >= 0.6 is 23.2 Å². The van der Waals surface area contributed by atoms with E-state index in [1.54, 1.807) is 24.3 Å². The molecule has 6 nitrogen and oxygen atoms in total. The maximum Gasteiger partial charge on any atom is 0.309 e. The highest BCUT2D eigenvalue weighted by Crippen LogP contribution is 2.16. The summed E-state index contributed by atoms with van der Waals surface area (Å²) in [6.07, 6.45) is 0.222. The molecule has 0 atom stereocenters. The third-order valence-corrected chi connectivity index (χ3v) is 2.71. The van der Waals surface area contributed by atoms with Gasteiger partial charge in [-0.25, -0.2) is 0 Å². The highest BCUT2D eigenvalue weighted by atomic mass is 35.5. The number of anilines is 2. The lowest BCUT2D eigenvalue weighted by Crippen LogP contribution is -2.04. The molecule has 0 saturated carbocycles. The highest BCUT2D eigenvalue weighted by Gasteiger charge is 2.05. The van der Waals surface area contributed by atoms with E-state index in [4.69, 9.17) is 23.2 Å². The number of halogens is 2. The van der Waals surface area contributed by atoms with E-state index in [0.717, 1.165) is 11.3 Å². The van der Waals surface area contributed by atoms with E-state index in [-0.39, 0.29) is 28.9 Å². The van der Waals surface area contributed by atoms with E-state index in [1.807, 2.05) is 0 Å². The van der Waals surface area contributed by atoms with Crippen molar-refractivity contribution in [3.8, 4) is 0 Å². The fraction of sp³-hybridized carbons (Fsp3) is 0.167. The van der Waals surface area contributed by atoms with Gasteiger partial charge in [-0.3, -0.25) is 4.79 Å². The topological polar surface area (TPSA) is 77.0 Å². The second-order valence-electron chi connectivity index (χ2n) is 3.77. The van der Waals surface area contributed by atoms with Crippen LogP contribution in [0.15, 0.2) is 24.3 Å². The third kappa shape index (κ3) is 4.04. The lowest BCUT2D eigenvalue weighted by molar-refractivity contribution is -0.139. The predicted molar refractivity (Wildman–Crippen MR) is 75.3 cm³/mol. The van der Waals surface area contributed by atoms with Gasteiger partial charge in [0.05, 0.1) is 13.5 Å². The lowest BCUT2D eigenvalue weighted by Gasteiger charge is -2.06. The molecule has 0 saturated heterocycles. The number of nitrogens with one attached hydrogen (secondary N) is 1. The van der Waals surface area contributed by atoms with Crippen molar-refractivity contribution in [3.05, 3.63) is 40.4 Å². The van der Waals surface area contributed by atoms with Gasteiger partial charge in [0, 0.05) is 5.69 Å². The van der Waals surface area contributed by atoms with E-state index < -0.39 is 0 Å². The van der Waals surface area contributed by atoms with Crippen LogP contribution in [0.5, 0.6) is 0 Å². The minimum Gasteiger partial charge on any atom is -0.469 e. The van der Waals surface area contributed by atoms with Crippen molar-refractivity contribution in [2.24, 2.45) is 0 Å². The normalized spacial score (nSPS) is 10.2. The highest BCUT2D eigenvalue weighted by molar-refractivity contribution is 6.31. The van der Waals surface area contributed by atoms with Crippen molar-refractivity contribution in [2.75, 3.05) is 12.4 Å². The van der Waals surface area contributed by atoms with Crippen molar-refractivity contribution >= 4 is 40.8 Å². The van der Waals surface area contributed by atoms with Gasteiger partial charge >= 0.3 is 5.97 Å². The van der Waals surface area contributed by atoms with Crippen LogP contribution in [0.25, 0.3) is 0 Å². The molecule has 1 aromatic heterocycles. The summed E-state index contributed by atoms with van der Waals surface area (Å²) in [6, 6.07) is 7.15. The number of hydrogen-bond acceptors (Lipinski definition) is 6. The number of hydrogen-bond donors (Lipinski definition) is 1. The van der Waals surface area contributed by atoms with Gasteiger partial charge < -0.3 is 10.1 Å². The lowest BCUT2D eigenvalue weighted by atomic mass is 10.1. The molecule has 2 aromatic rings. The summed E-state index contributed by atoms with van der Waals surface area (Å²) in [4.78, 5) is 22.6. The molecule has 0 aliphatic carbocycles. The number of aromatic nitrogens is 3. The Labute approximate surface area is 125 Å². The zero-order valence-electron chi connectivity index (χ0n) is 10.4. The van der Waals surface area contributed by atoms with E-state index in [9.17, 15) is 4.79 Å². The molecule has 0 aliphatic heterocycles. The summed E-state index contributed by atoms with van der Waals surface area (Å²) in [5.41, 5.74) is 1.58. The van der Waals surface area contributed by atoms with Gasteiger partial charge in [0.2, 0.25) is 16.5 Å². The van der Waals surface area contributed by atoms with Crippen LogP contribution in [0.3, 0.4) is 0 Å². The first-order chi connectivity index (χ1) is 9.56. The molecule has 0 spiro atoms. The van der Waals surface area contributed by atoms with Crippen LogP contribution in [0.4, 0.5) is 11.6 Å². The summed E-state index contributed by atoms with van der Waals surface area (Å²) < 4.78 is 4.60. The third-order valence-electron chi connectivity index (χ3n) is 2.37. The van der Waals surface area contributed by atoms with E-state index in [0.29, 0.717) is 0 Å². The van der Waals surface area contributed by atoms with Gasteiger partial charge in [-0.2, -0.15) is 15.0 Å². The number of carbonyl (C=O) groups excluding carboxylic acids is 1. The zero-order valence-corrected chi connectivity index (χ0v) is 11.9. The molecule has 104 valence electrons. The fourth-order valence-corrected chi connectivity index (χ4v) is 1.82. The minimum atomic E-state index is -0.290. The molecule has 8 heteroatoms. The molecular weight excluding hydrogens is 303 g/mol. The van der Waals surface area contributed by atoms with Crippen LogP contribution in [-0.2, 0) is 16.0 Å². The largest absolute Gasteiger partial charge is 0.469 e. The molecule has 0 unspecified atom stereocenters. The average molecular weight is 313 g/mol. The van der Waals surface area contributed by atoms with Crippen LogP contribution in [-0.4, -0.2) is 28.0 Å². The van der Waals surface area contributed by atoms with Crippen LogP contribution in [0, 0.1) is 0 Å². The summed E-state index contributed by atoms with van der Waals surface area (Å²) in [5, 5.41) is 2.95. The van der Waals surface area contributed by atoms with Gasteiger partial charge in [-0.1, -0.05) is 12.1 Å². The van der Waals surface area contributed by atoms with Crippen LogP contribution in [0.1, 0.15) is 5.56 Å². The summed E-state index contributed by atoms with van der Waals surface area (Å²) in [5.74, 6) is -0.0440. The van der Waals surface area contributed by atoms with E-state index in [1.165, 1.54) is 7.11 Å². The number of esters is 1. The maximum atomic E-state index is 11.1. The molecule has 20 heavy (non-hydrogen) atoms. The molecule has 2 rings (SSSR count). The monoisotopic (exact) mass is 312 g/mol. The molecular formula is C12H10Cl2N4O2. The minimum absolute atomic E-state index is 0.00908. The molecule has 0 aliphatic rings. The van der Waals surface area contributed by atoms with Crippen LogP contribution in [0.2, 0.25) is 10.6 Å². The number of methoxy groups -OCH3 is 1. The maximum absolute atomic E-state index is 11.1. The number of benzene rings is 1. The smallest absolute Gasteiger partial charge is 0.309 e. The van der Waals surface area contributed by atoms with Crippen molar-refractivity contribution in [3.63, 3.8) is 0 Å². The molecule has 0 radical (unpaired) electrons. The van der Waals surface area contributed by atoms with Gasteiger partial charge in [-0.15, -0.1) is 0 Å². The van der Waals surface area contributed by atoms with Gasteiger partial charge in [-0.05, 0) is 40.9 Å². The Morgan fingerprint density at radius 3 is 2.30 bits per heavy atom. The SMILES string of the molecule is COC(=O)Cc1ccc(Nc2nc(Cl)nc(Cl)n2)cc1. The van der Waals surface area contributed by atoms with E-state index in [2.05, 4.69) is 25.0 Å². The Bertz CT molecular complexity index is 599. The zero-order chi connectivity index (χ0) is 14.5. The summed E-state index contributed by atoms with van der Waals surface area (Å²) in [6.45, 7) is 0. The first kappa shape index (κ1) is 14.5. The number of rotatable bonds is 4. The fourth-order valence-electron chi connectivity index (χ4n) is 1.46. The number of ether oxygens (including phenoxy) is 1. The first-order valence-corrected chi connectivity index (χ1v) is 6.32. The van der Waals surface area contributed by atoms with Gasteiger partial charge in [0.15, 0.2) is 0 Å². The summed E-state index contributed by atoms with van der Waals surface area (Å²) >= 11 is 11.4. The summed E-state index contributed by atoms with van der Waals surface area (Å²) in [7, 11) is 1.35. The molecule has 1 aromatic carbocycles. The number of nitrogens with zero attached hydrogens (tertiary/aromatic N) is 3.